The van der Waals surface area contributed by atoms with Crippen molar-refractivity contribution in [3.05, 3.63) is 57.7 Å². The third kappa shape index (κ3) is 4.47. The van der Waals surface area contributed by atoms with E-state index >= 15 is 0 Å². The highest BCUT2D eigenvalue weighted by atomic mass is 35.5. The van der Waals surface area contributed by atoms with Crippen LogP contribution >= 0.6 is 11.6 Å². The quantitative estimate of drug-likeness (QED) is 0.582. The van der Waals surface area contributed by atoms with E-state index in [4.69, 9.17) is 11.6 Å². The van der Waals surface area contributed by atoms with Gasteiger partial charge in [-0.25, -0.2) is 4.98 Å². The molecular formula is C17H20ClN5O3+2. The van der Waals surface area contributed by atoms with Crippen molar-refractivity contribution in [1.82, 2.24) is 0 Å². The fourth-order valence-electron chi connectivity index (χ4n) is 2.96. The van der Waals surface area contributed by atoms with Gasteiger partial charge in [-0.2, -0.15) is 0 Å². The molecule has 1 aliphatic rings. The lowest BCUT2D eigenvalue weighted by Gasteiger charge is -2.27. The molecule has 1 amide bonds. The molecule has 3 rings (SSSR count). The van der Waals surface area contributed by atoms with Crippen molar-refractivity contribution in [3.8, 4) is 0 Å². The number of nitro benzene ring substituents is 1. The summed E-state index contributed by atoms with van der Waals surface area (Å²) < 4.78 is 0. The molecule has 0 aliphatic carbocycles. The summed E-state index contributed by atoms with van der Waals surface area (Å²) in [6.07, 6.45) is 1.90. The number of hydrogen-bond acceptors (Lipinski definition) is 4. The largest absolute Gasteiger partial charge is 0.321 e. The van der Waals surface area contributed by atoms with Gasteiger partial charge in [-0.05, 0) is 12.1 Å². The minimum atomic E-state index is -0.523. The number of nitrogens with zero attached hydrogens (tertiary/aromatic N) is 2. The van der Waals surface area contributed by atoms with Gasteiger partial charge in [0.1, 0.15) is 26.2 Å². The highest BCUT2D eigenvalue weighted by Gasteiger charge is 2.27. The van der Waals surface area contributed by atoms with Gasteiger partial charge in [0.2, 0.25) is 0 Å². The van der Waals surface area contributed by atoms with Crippen LogP contribution in [0.15, 0.2) is 42.6 Å². The number of halogens is 1. The number of quaternary nitrogens is 1. The lowest BCUT2D eigenvalue weighted by Crippen LogP contribution is -3.15. The van der Waals surface area contributed by atoms with Gasteiger partial charge in [0, 0.05) is 18.2 Å². The number of carbonyl (C=O) groups is 1. The smallest absolute Gasteiger partial charge is 0.279 e. The van der Waals surface area contributed by atoms with E-state index in [-0.39, 0.29) is 16.6 Å². The first-order valence-corrected chi connectivity index (χ1v) is 8.70. The molecule has 1 fully saturated rings. The molecule has 1 aliphatic heterocycles. The first kappa shape index (κ1) is 18.1. The van der Waals surface area contributed by atoms with E-state index < -0.39 is 4.92 Å². The number of amides is 1. The summed E-state index contributed by atoms with van der Waals surface area (Å²) in [6.45, 7) is 3.76. The third-order valence-electron chi connectivity index (χ3n) is 4.35. The standard InChI is InChI=1S/C17H18ClN5O3/c18-14-11-13(23(25)26)4-5-15(14)20-17(24)12-21-7-9-22(10-8-21)16-3-1-2-6-19-16/h1-6,11H,7-10,12H2,(H,20,24)/p+2. The predicted octanol–water partition coefficient (Wildman–Crippen LogP) is 0.406. The van der Waals surface area contributed by atoms with Crippen molar-refractivity contribution in [2.24, 2.45) is 0 Å². The number of hydrogen-bond donors (Lipinski definition) is 2. The number of aromatic nitrogens is 1. The fraction of sp³-hybridized carbons (Fsp3) is 0.294. The zero-order valence-corrected chi connectivity index (χ0v) is 14.8. The molecule has 9 heteroatoms. The molecule has 0 unspecified atom stereocenters. The van der Waals surface area contributed by atoms with E-state index in [0.717, 1.165) is 32.0 Å². The van der Waals surface area contributed by atoms with Crippen LogP contribution in [0.1, 0.15) is 0 Å². The van der Waals surface area contributed by atoms with Crippen LogP contribution in [-0.2, 0) is 4.79 Å². The van der Waals surface area contributed by atoms with Crippen LogP contribution in [0.25, 0.3) is 0 Å². The summed E-state index contributed by atoms with van der Waals surface area (Å²) in [4.78, 5) is 29.1. The number of H-pyrrole nitrogens is 1. The number of nitrogens with one attached hydrogen (secondary N) is 3. The molecule has 0 radical (unpaired) electrons. The maximum absolute atomic E-state index is 12.3. The normalized spacial score (nSPS) is 14.9. The Morgan fingerprint density at radius 3 is 2.69 bits per heavy atom. The second kappa shape index (κ2) is 8.11. The molecule has 3 N–H and O–H groups in total. The molecule has 26 heavy (non-hydrogen) atoms. The van der Waals surface area contributed by atoms with Crippen LogP contribution in [0.3, 0.4) is 0 Å². The number of anilines is 2. The Morgan fingerprint density at radius 1 is 1.31 bits per heavy atom. The first-order valence-electron chi connectivity index (χ1n) is 8.32. The first-order chi connectivity index (χ1) is 12.5. The second-order valence-corrected chi connectivity index (χ2v) is 6.54. The molecule has 1 saturated heterocycles. The van der Waals surface area contributed by atoms with E-state index in [0.29, 0.717) is 12.2 Å². The molecule has 1 aromatic heterocycles. The van der Waals surface area contributed by atoms with E-state index in [1.807, 2.05) is 24.4 Å². The molecule has 1 aromatic carbocycles. The van der Waals surface area contributed by atoms with Gasteiger partial charge in [0.25, 0.3) is 17.4 Å². The van der Waals surface area contributed by atoms with Crippen LogP contribution in [0.4, 0.5) is 17.2 Å². The molecule has 2 heterocycles. The van der Waals surface area contributed by atoms with Crippen LogP contribution in [0.2, 0.25) is 5.02 Å². The molecule has 0 bridgehead atoms. The second-order valence-electron chi connectivity index (χ2n) is 6.13. The number of pyridine rings is 1. The van der Waals surface area contributed by atoms with Gasteiger partial charge >= 0.3 is 0 Å². The van der Waals surface area contributed by atoms with E-state index in [9.17, 15) is 14.9 Å². The van der Waals surface area contributed by atoms with E-state index in [2.05, 4.69) is 15.2 Å². The monoisotopic (exact) mass is 377 g/mol. The Labute approximate surface area is 155 Å². The van der Waals surface area contributed by atoms with Crippen molar-refractivity contribution in [1.29, 1.82) is 0 Å². The SMILES string of the molecule is O=C(C[NH+]1CCN(c2cccc[nH+]2)CC1)Nc1ccc([N+](=O)[O-])cc1Cl. The van der Waals surface area contributed by atoms with Gasteiger partial charge in [-0.1, -0.05) is 17.7 Å². The Kier molecular flexibility index (Phi) is 5.65. The molecule has 136 valence electrons. The van der Waals surface area contributed by atoms with Gasteiger partial charge < -0.3 is 10.2 Å². The maximum Gasteiger partial charge on any atom is 0.279 e. The summed E-state index contributed by atoms with van der Waals surface area (Å²) in [5.41, 5.74) is 0.284. The summed E-state index contributed by atoms with van der Waals surface area (Å²) >= 11 is 6.01. The number of non-ortho nitro benzene ring substituents is 1. The van der Waals surface area contributed by atoms with Gasteiger partial charge in [-0.3, -0.25) is 19.8 Å². The van der Waals surface area contributed by atoms with Gasteiger partial charge in [-0.15, -0.1) is 0 Å². The van der Waals surface area contributed by atoms with E-state index in [1.165, 1.54) is 23.1 Å². The van der Waals surface area contributed by atoms with Gasteiger partial charge in [0.05, 0.1) is 21.8 Å². The number of aromatic amines is 1. The van der Waals surface area contributed by atoms with Crippen molar-refractivity contribution in [2.75, 3.05) is 42.9 Å². The van der Waals surface area contributed by atoms with Crippen LogP contribution in [0.5, 0.6) is 0 Å². The molecule has 0 atom stereocenters. The van der Waals surface area contributed by atoms with Crippen molar-refractivity contribution in [2.45, 2.75) is 0 Å². The van der Waals surface area contributed by atoms with Crippen molar-refractivity contribution >= 4 is 34.7 Å². The number of benzene rings is 1. The molecule has 8 nitrogen and oxygen atoms in total. The summed E-state index contributed by atoms with van der Waals surface area (Å²) in [5, 5.41) is 13.6. The van der Waals surface area contributed by atoms with Crippen molar-refractivity contribution in [3.63, 3.8) is 0 Å². The van der Waals surface area contributed by atoms with Crippen LogP contribution < -0.4 is 20.1 Å². The lowest BCUT2D eigenvalue weighted by molar-refractivity contribution is -0.892. The Balaban J connectivity index is 1.51. The lowest BCUT2D eigenvalue weighted by atomic mass is 10.2. The fourth-order valence-corrected chi connectivity index (χ4v) is 3.18. The zero-order valence-electron chi connectivity index (χ0n) is 14.1. The average Bonchev–Trinajstić information content (AvgIpc) is 2.64. The Morgan fingerprint density at radius 2 is 2.08 bits per heavy atom. The minimum absolute atomic E-state index is 0.104. The highest BCUT2D eigenvalue weighted by molar-refractivity contribution is 6.33. The Bertz CT molecular complexity index is 794. The summed E-state index contributed by atoms with van der Waals surface area (Å²) in [5.74, 6) is 0.920. The summed E-state index contributed by atoms with van der Waals surface area (Å²) in [6, 6.07) is 9.99. The molecular weight excluding hydrogens is 358 g/mol. The number of carbonyl (C=O) groups excluding carboxylic acids is 1. The number of piperazine rings is 1. The van der Waals surface area contributed by atoms with Crippen LogP contribution in [0, 0.1) is 10.1 Å². The van der Waals surface area contributed by atoms with Crippen LogP contribution in [-0.4, -0.2) is 43.6 Å². The topological polar surface area (TPSA) is 94.1 Å². The molecule has 2 aromatic rings. The van der Waals surface area contributed by atoms with E-state index in [1.54, 1.807) is 0 Å². The van der Waals surface area contributed by atoms with Gasteiger partial charge in [0.15, 0.2) is 6.54 Å². The minimum Gasteiger partial charge on any atom is -0.321 e. The van der Waals surface area contributed by atoms with Crippen molar-refractivity contribution < 1.29 is 19.6 Å². The predicted molar refractivity (Wildman–Crippen MR) is 97.5 cm³/mol. The molecule has 0 saturated carbocycles. The summed E-state index contributed by atoms with van der Waals surface area (Å²) in [7, 11) is 0. The Hall–Kier alpha value is -2.71. The highest BCUT2D eigenvalue weighted by Crippen LogP contribution is 2.26. The third-order valence-corrected chi connectivity index (χ3v) is 4.66. The number of rotatable bonds is 5. The average molecular weight is 378 g/mol. The zero-order chi connectivity index (χ0) is 18.5. The molecule has 0 spiro atoms. The maximum atomic E-state index is 12.3. The number of nitro groups is 1.